The third-order valence-corrected chi connectivity index (χ3v) is 5.67. The fraction of sp³-hybridized carbons (Fsp3) is 0.167. The summed E-state index contributed by atoms with van der Waals surface area (Å²) in [4.78, 5) is 24.9. The summed E-state index contributed by atoms with van der Waals surface area (Å²) in [6.07, 6.45) is 0. The predicted molar refractivity (Wildman–Crippen MR) is 127 cm³/mol. The molecule has 7 nitrogen and oxygen atoms in total. The topological polar surface area (TPSA) is 86.1 Å². The monoisotopic (exact) mass is 482 g/mol. The standard InChI is InChI=1S/C24H20Cl2N4O3/c1-14(16-6-8-17(9-7-16)24(32)33-2)27-23(31)20-11-19(26)12-21-22(20)30(29-28-21)13-15-4-3-5-18(25)10-15/h3-12,14H,13H2,1-2H3,(H,27,31)/t14-/m0/s1. The lowest BCUT2D eigenvalue weighted by atomic mass is 10.1. The van der Waals surface area contributed by atoms with Crippen molar-refractivity contribution in [3.8, 4) is 0 Å². The maximum absolute atomic E-state index is 13.2. The summed E-state index contributed by atoms with van der Waals surface area (Å²) < 4.78 is 6.38. The van der Waals surface area contributed by atoms with Crippen molar-refractivity contribution in [2.75, 3.05) is 7.11 Å². The van der Waals surface area contributed by atoms with Crippen LogP contribution >= 0.6 is 23.2 Å². The van der Waals surface area contributed by atoms with Gasteiger partial charge in [0.2, 0.25) is 0 Å². The molecule has 4 rings (SSSR count). The largest absolute Gasteiger partial charge is 0.465 e. The van der Waals surface area contributed by atoms with E-state index < -0.39 is 5.97 Å². The number of rotatable bonds is 6. The van der Waals surface area contributed by atoms with E-state index in [1.54, 1.807) is 47.1 Å². The Morgan fingerprint density at radius 2 is 1.82 bits per heavy atom. The maximum atomic E-state index is 13.2. The molecule has 1 heterocycles. The number of hydrogen-bond acceptors (Lipinski definition) is 5. The molecular formula is C24H20Cl2N4O3. The Balaban J connectivity index is 1.62. The van der Waals surface area contributed by atoms with Gasteiger partial charge in [-0.2, -0.15) is 0 Å². The lowest BCUT2D eigenvalue weighted by Crippen LogP contribution is -2.27. The molecule has 0 saturated heterocycles. The molecule has 33 heavy (non-hydrogen) atoms. The van der Waals surface area contributed by atoms with Crippen molar-refractivity contribution in [1.29, 1.82) is 0 Å². The SMILES string of the molecule is COC(=O)c1ccc([C@H](C)NC(=O)c2cc(Cl)cc3nnn(Cc4cccc(Cl)c4)c23)cc1. The summed E-state index contributed by atoms with van der Waals surface area (Å²) in [6, 6.07) is 17.2. The van der Waals surface area contributed by atoms with E-state index in [1.807, 2.05) is 25.1 Å². The molecule has 0 aliphatic carbocycles. The van der Waals surface area contributed by atoms with Crippen LogP contribution in [0.15, 0.2) is 60.7 Å². The van der Waals surface area contributed by atoms with E-state index in [2.05, 4.69) is 15.6 Å². The quantitative estimate of drug-likeness (QED) is 0.388. The summed E-state index contributed by atoms with van der Waals surface area (Å²) in [6.45, 7) is 2.25. The van der Waals surface area contributed by atoms with Crippen molar-refractivity contribution in [3.63, 3.8) is 0 Å². The van der Waals surface area contributed by atoms with Crippen LogP contribution in [-0.4, -0.2) is 34.0 Å². The number of ether oxygens (including phenoxy) is 1. The highest BCUT2D eigenvalue weighted by molar-refractivity contribution is 6.32. The molecule has 0 saturated carbocycles. The van der Waals surface area contributed by atoms with Crippen molar-refractivity contribution < 1.29 is 14.3 Å². The molecular weight excluding hydrogens is 463 g/mol. The van der Waals surface area contributed by atoms with E-state index in [4.69, 9.17) is 27.9 Å². The van der Waals surface area contributed by atoms with Crippen molar-refractivity contribution in [1.82, 2.24) is 20.3 Å². The van der Waals surface area contributed by atoms with Gasteiger partial charge in [0.05, 0.1) is 30.8 Å². The average Bonchev–Trinajstić information content (AvgIpc) is 3.20. The van der Waals surface area contributed by atoms with E-state index >= 15 is 0 Å². The van der Waals surface area contributed by atoms with Gasteiger partial charge in [-0.3, -0.25) is 4.79 Å². The van der Waals surface area contributed by atoms with Gasteiger partial charge in [-0.05, 0) is 54.4 Å². The van der Waals surface area contributed by atoms with Crippen LogP contribution in [0.2, 0.25) is 10.0 Å². The van der Waals surface area contributed by atoms with Crippen molar-refractivity contribution in [2.45, 2.75) is 19.5 Å². The highest BCUT2D eigenvalue weighted by Crippen LogP contribution is 2.25. The van der Waals surface area contributed by atoms with Gasteiger partial charge >= 0.3 is 5.97 Å². The highest BCUT2D eigenvalue weighted by Gasteiger charge is 2.20. The molecule has 9 heteroatoms. The van der Waals surface area contributed by atoms with Gasteiger partial charge < -0.3 is 10.1 Å². The summed E-state index contributed by atoms with van der Waals surface area (Å²) in [5.74, 6) is -0.735. The van der Waals surface area contributed by atoms with Gasteiger partial charge in [0, 0.05) is 10.0 Å². The van der Waals surface area contributed by atoms with E-state index in [9.17, 15) is 9.59 Å². The zero-order valence-corrected chi connectivity index (χ0v) is 19.4. The smallest absolute Gasteiger partial charge is 0.337 e. The second-order valence-electron chi connectivity index (χ2n) is 7.51. The Labute approximate surface area is 200 Å². The van der Waals surface area contributed by atoms with E-state index in [0.29, 0.717) is 38.8 Å². The van der Waals surface area contributed by atoms with Crippen LogP contribution in [0, 0.1) is 0 Å². The molecule has 0 unspecified atom stereocenters. The lowest BCUT2D eigenvalue weighted by Gasteiger charge is -2.16. The number of fused-ring (bicyclic) bond motifs is 1. The van der Waals surface area contributed by atoms with Crippen molar-refractivity contribution >= 4 is 46.1 Å². The van der Waals surface area contributed by atoms with Gasteiger partial charge in [-0.15, -0.1) is 5.10 Å². The molecule has 0 aliphatic rings. The molecule has 1 N–H and O–H groups in total. The number of carbonyl (C=O) groups excluding carboxylic acids is 2. The average molecular weight is 483 g/mol. The Hall–Kier alpha value is -3.42. The highest BCUT2D eigenvalue weighted by atomic mass is 35.5. The molecule has 4 aromatic rings. The van der Waals surface area contributed by atoms with E-state index in [1.165, 1.54) is 7.11 Å². The second-order valence-corrected chi connectivity index (χ2v) is 8.38. The summed E-state index contributed by atoms with van der Waals surface area (Å²) >= 11 is 12.4. The third-order valence-electron chi connectivity index (χ3n) is 5.22. The molecule has 1 aromatic heterocycles. The third kappa shape index (κ3) is 4.99. The van der Waals surface area contributed by atoms with Gasteiger partial charge in [-0.1, -0.05) is 52.7 Å². The van der Waals surface area contributed by atoms with Crippen LogP contribution in [-0.2, 0) is 11.3 Å². The minimum Gasteiger partial charge on any atom is -0.465 e. The minimum absolute atomic E-state index is 0.318. The number of nitrogens with one attached hydrogen (secondary N) is 1. The van der Waals surface area contributed by atoms with Crippen LogP contribution in [0.25, 0.3) is 11.0 Å². The molecule has 0 radical (unpaired) electrons. The number of esters is 1. The summed E-state index contributed by atoms with van der Waals surface area (Å²) in [5, 5.41) is 12.4. The Morgan fingerprint density at radius 1 is 1.06 bits per heavy atom. The van der Waals surface area contributed by atoms with E-state index in [0.717, 1.165) is 11.1 Å². The normalized spacial score (nSPS) is 11.9. The molecule has 3 aromatic carbocycles. The zero-order chi connectivity index (χ0) is 23.5. The predicted octanol–water partition coefficient (Wildman–Crippen LogP) is 5.06. The number of nitrogens with zero attached hydrogens (tertiary/aromatic N) is 3. The van der Waals surface area contributed by atoms with Gasteiger partial charge in [0.25, 0.3) is 5.91 Å². The van der Waals surface area contributed by atoms with E-state index in [-0.39, 0.29) is 11.9 Å². The fourth-order valence-electron chi connectivity index (χ4n) is 3.55. The molecule has 0 bridgehead atoms. The number of methoxy groups -OCH3 is 1. The van der Waals surface area contributed by atoms with Gasteiger partial charge in [-0.25, -0.2) is 9.48 Å². The first kappa shape index (κ1) is 22.8. The second kappa shape index (κ2) is 9.60. The molecule has 0 fully saturated rings. The number of amides is 1. The minimum atomic E-state index is -0.417. The maximum Gasteiger partial charge on any atom is 0.337 e. The Bertz CT molecular complexity index is 1340. The van der Waals surface area contributed by atoms with Crippen molar-refractivity contribution in [2.24, 2.45) is 0 Å². The fourth-order valence-corrected chi connectivity index (χ4v) is 3.98. The molecule has 0 aliphatic heterocycles. The zero-order valence-electron chi connectivity index (χ0n) is 17.9. The number of benzene rings is 3. The summed E-state index contributed by atoms with van der Waals surface area (Å²) in [5.41, 5.74) is 3.65. The number of aromatic nitrogens is 3. The first-order valence-corrected chi connectivity index (χ1v) is 10.9. The molecule has 0 spiro atoms. The number of halogens is 2. The first-order valence-electron chi connectivity index (χ1n) is 10.1. The number of hydrogen-bond donors (Lipinski definition) is 1. The van der Waals surface area contributed by atoms with Crippen LogP contribution in [0.1, 0.15) is 44.8 Å². The Kier molecular flexibility index (Phi) is 6.62. The lowest BCUT2D eigenvalue weighted by molar-refractivity contribution is 0.0600. The molecule has 1 atom stereocenters. The van der Waals surface area contributed by atoms with Crippen LogP contribution in [0.5, 0.6) is 0 Å². The van der Waals surface area contributed by atoms with Crippen LogP contribution < -0.4 is 5.32 Å². The first-order chi connectivity index (χ1) is 15.9. The van der Waals surface area contributed by atoms with Crippen molar-refractivity contribution in [3.05, 3.63) is 93.0 Å². The van der Waals surface area contributed by atoms with Gasteiger partial charge in [0.15, 0.2) is 0 Å². The van der Waals surface area contributed by atoms with Crippen LogP contribution in [0.4, 0.5) is 0 Å². The number of carbonyl (C=O) groups is 2. The summed E-state index contributed by atoms with van der Waals surface area (Å²) in [7, 11) is 1.33. The van der Waals surface area contributed by atoms with Crippen LogP contribution in [0.3, 0.4) is 0 Å². The molecule has 1 amide bonds. The Morgan fingerprint density at radius 3 is 2.52 bits per heavy atom. The molecule has 168 valence electrons. The van der Waals surface area contributed by atoms with Gasteiger partial charge in [0.1, 0.15) is 11.0 Å².